The van der Waals surface area contributed by atoms with Gasteiger partial charge in [0.25, 0.3) is 0 Å². The number of aromatic nitrogens is 3. The second-order valence-corrected chi connectivity index (χ2v) is 4.53. The van der Waals surface area contributed by atoms with Crippen molar-refractivity contribution in [3.05, 3.63) is 12.2 Å². The Morgan fingerprint density at radius 1 is 1.29 bits per heavy atom. The van der Waals surface area contributed by atoms with Crippen LogP contribution in [0.4, 0.5) is 0 Å². The van der Waals surface area contributed by atoms with Gasteiger partial charge in [0.2, 0.25) is 0 Å². The molecule has 1 aromatic heterocycles. The summed E-state index contributed by atoms with van der Waals surface area (Å²) in [6, 6.07) is 0.360. The Bertz CT molecular complexity index is 298. The fourth-order valence-electron chi connectivity index (χ4n) is 1.75. The molecule has 0 aromatic carbocycles. The third-order valence-electron chi connectivity index (χ3n) is 2.68. The largest absolute Gasteiger partial charge is 0.396 e. The number of rotatable bonds is 9. The van der Waals surface area contributed by atoms with Crippen molar-refractivity contribution in [2.75, 3.05) is 13.2 Å². The van der Waals surface area contributed by atoms with Crippen LogP contribution in [0.1, 0.15) is 51.4 Å². The number of unbranched alkanes of at least 4 members (excludes halogenated alkanes) is 3. The third-order valence-corrected chi connectivity index (χ3v) is 2.68. The molecule has 0 bridgehead atoms. The van der Waals surface area contributed by atoms with Crippen molar-refractivity contribution in [3.8, 4) is 0 Å². The highest BCUT2D eigenvalue weighted by molar-refractivity contribution is 4.85. The summed E-state index contributed by atoms with van der Waals surface area (Å²) in [4.78, 5) is 4.24. The molecule has 0 fully saturated rings. The van der Waals surface area contributed by atoms with Gasteiger partial charge >= 0.3 is 0 Å². The van der Waals surface area contributed by atoms with Crippen molar-refractivity contribution in [1.29, 1.82) is 0 Å². The predicted octanol–water partition coefficient (Wildman–Crippen LogP) is 1.50. The number of nitrogens with one attached hydrogen (secondary N) is 1. The lowest BCUT2D eigenvalue weighted by Crippen LogP contribution is -2.19. The molecule has 17 heavy (non-hydrogen) atoms. The van der Waals surface area contributed by atoms with Gasteiger partial charge in [-0.25, -0.2) is 9.67 Å². The highest BCUT2D eigenvalue weighted by Gasteiger charge is 2.06. The summed E-state index contributed by atoms with van der Waals surface area (Å²) in [5.74, 6) is 0.996. The molecule has 0 saturated carbocycles. The van der Waals surface area contributed by atoms with E-state index in [1.54, 1.807) is 6.33 Å². The van der Waals surface area contributed by atoms with Gasteiger partial charge in [0.1, 0.15) is 12.2 Å². The summed E-state index contributed by atoms with van der Waals surface area (Å²) in [5, 5.41) is 16.2. The third kappa shape index (κ3) is 5.28. The zero-order valence-electron chi connectivity index (χ0n) is 10.9. The molecule has 0 atom stereocenters. The molecule has 1 heterocycles. The summed E-state index contributed by atoms with van der Waals surface area (Å²) in [7, 11) is 0. The first-order valence-corrected chi connectivity index (χ1v) is 6.45. The predicted molar refractivity (Wildman–Crippen MR) is 67.7 cm³/mol. The Labute approximate surface area is 103 Å². The molecule has 1 rings (SSSR count). The summed E-state index contributed by atoms with van der Waals surface area (Å²) in [5.41, 5.74) is 0. The van der Waals surface area contributed by atoms with Crippen LogP contribution in [0.15, 0.2) is 6.33 Å². The Morgan fingerprint density at radius 2 is 2.06 bits per heavy atom. The zero-order valence-corrected chi connectivity index (χ0v) is 10.9. The van der Waals surface area contributed by atoms with Crippen molar-refractivity contribution in [1.82, 2.24) is 20.1 Å². The number of aliphatic hydroxyl groups is 1. The molecule has 0 radical (unpaired) electrons. The van der Waals surface area contributed by atoms with Crippen molar-refractivity contribution in [2.45, 2.75) is 52.1 Å². The van der Waals surface area contributed by atoms with Crippen LogP contribution in [0.3, 0.4) is 0 Å². The Hall–Kier alpha value is -0.940. The molecule has 0 saturated heterocycles. The Balaban J connectivity index is 2.11. The lowest BCUT2D eigenvalue weighted by molar-refractivity contribution is 0.282. The van der Waals surface area contributed by atoms with Gasteiger partial charge in [-0.05, 0) is 33.2 Å². The Kier molecular flexibility index (Phi) is 6.81. The molecular formula is C12H24N4O. The van der Waals surface area contributed by atoms with E-state index in [0.29, 0.717) is 12.6 Å². The normalized spacial score (nSPS) is 11.3. The van der Waals surface area contributed by atoms with Gasteiger partial charge in [0.15, 0.2) is 0 Å². The first-order chi connectivity index (χ1) is 8.25. The lowest BCUT2D eigenvalue weighted by atomic mass is 10.2. The molecule has 1 aromatic rings. The van der Waals surface area contributed by atoms with E-state index in [1.807, 2.05) is 4.68 Å². The number of hydrogen-bond acceptors (Lipinski definition) is 4. The molecule has 0 unspecified atom stereocenters. The Morgan fingerprint density at radius 3 is 2.76 bits per heavy atom. The fourth-order valence-corrected chi connectivity index (χ4v) is 1.75. The number of aliphatic hydroxyl groups excluding tert-OH is 1. The van der Waals surface area contributed by atoms with E-state index < -0.39 is 0 Å². The van der Waals surface area contributed by atoms with E-state index in [9.17, 15) is 0 Å². The molecular weight excluding hydrogens is 216 g/mol. The highest BCUT2D eigenvalue weighted by Crippen LogP contribution is 2.04. The fraction of sp³-hybridized carbons (Fsp3) is 0.833. The topological polar surface area (TPSA) is 63.0 Å². The quantitative estimate of drug-likeness (QED) is 0.642. The van der Waals surface area contributed by atoms with Crippen molar-refractivity contribution >= 4 is 0 Å². The van der Waals surface area contributed by atoms with Crippen LogP contribution in [-0.2, 0) is 6.54 Å². The van der Waals surface area contributed by atoms with Crippen molar-refractivity contribution in [3.63, 3.8) is 0 Å². The molecule has 0 spiro atoms. The summed E-state index contributed by atoms with van der Waals surface area (Å²) in [6.07, 6.45) is 5.96. The van der Waals surface area contributed by atoms with E-state index in [2.05, 4.69) is 29.2 Å². The first kappa shape index (κ1) is 14.1. The van der Waals surface area contributed by atoms with E-state index in [1.165, 1.54) is 6.42 Å². The number of hydrogen-bond donors (Lipinski definition) is 2. The van der Waals surface area contributed by atoms with Crippen molar-refractivity contribution < 1.29 is 5.11 Å². The van der Waals surface area contributed by atoms with Crippen LogP contribution in [0.5, 0.6) is 0 Å². The maximum Gasteiger partial charge on any atom is 0.141 e. The maximum atomic E-state index is 8.64. The highest BCUT2D eigenvalue weighted by atomic mass is 16.2. The minimum absolute atomic E-state index is 0.310. The molecule has 0 aliphatic rings. The standard InChI is InChI=1S/C12H24N4O/c1-11(2)16-12(14-10-15-16)9-13-7-5-3-4-6-8-17/h10-11,13,17H,3-9H2,1-2H3. The van der Waals surface area contributed by atoms with Crippen LogP contribution < -0.4 is 5.32 Å². The maximum absolute atomic E-state index is 8.64. The number of nitrogens with zero attached hydrogens (tertiary/aromatic N) is 3. The minimum Gasteiger partial charge on any atom is -0.396 e. The van der Waals surface area contributed by atoms with Gasteiger partial charge in [-0.3, -0.25) is 0 Å². The average Bonchev–Trinajstić information content (AvgIpc) is 2.76. The van der Waals surface area contributed by atoms with E-state index in [0.717, 1.165) is 38.2 Å². The van der Waals surface area contributed by atoms with Gasteiger partial charge in [0.05, 0.1) is 6.54 Å². The van der Waals surface area contributed by atoms with Gasteiger partial charge < -0.3 is 10.4 Å². The van der Waals surface area contributed by atoms with Crippen LogP contribution in [-0.4, -0.2) is 33.0 Å². The summed E-state index contributed by atoms with van der Waals surface area (Å²) in [6.45, 7) is 6.29. The van der Waals surface area contributed by atoms with Crippen LogP contribution in [0.25, 0.3) is 0 Å². The van der Waals surface area contributed by atoms with Gasteiger partial charge in [-0.2, -0.15) is 5.10 Å². The van der Waals surface area contributed by atoms with Crippen LogP contribution >= 0.6 is 0 Å². The molecule has 0 aliphatic carbocycles. The summed E-state index contributed by atoms with van der Waals surface area (Å²) < 4.78 is 1.94. The molecule has 98 valence electrons. The van der Waals surface area contributed by atoms with Gasteiger partial charge in [-0.15, -0.1) is 0 Å². The van der Waals surface area contributed by atoms with E-state index in [-0.39, 0.29) is 0 Å². The second-order valence-electron chi connectivity index (χ2n) is 4.53. The molecule has 0 aliphatic heterocycles. The van der Waals surface area contributed by atoms with Crippen LogP contribution in [0, 0.1) is 0 Å². The average molecular weight is 240 g/mol. The van der Waals surface area contributed by atoms with E-state index in [4.69, 9.17) is 5.11 Å². The first-order valence-electron chi connectivity index (χ1n) is 6.45. The zero-order chi connectivity index (χ0) is 12.5. The molecule has 2 N–H and O–H groups in total. The van der Waals surface area contributed by atoms with Gasteiger partial charge in [-0.1, -0.05) is 12.8 Å². The molecule has 5 heteroatoms. The lowest BCUT2D eigenvalue weighted by Gasteiger charge is -2.09. The monoisotopic (exact) mass is 240 g/mol. The second kappa shape index (κ2) is 8.20. The van der Waals surface area contributed by atoms with E-state index >= 15 is 0 Å². The SMILES string of the molecule is CC(C)n1ncnc1CNCCCCCCO. The van der Waals surface area contributed by atoms with Crippen molar-refractivity contribution in [2.24, 2.45) is 0 Å². The van der Waals surface area contributed by atoms with Gasteiger partial charge in [0, 0.05) is 12.6 Å². The minimum atomic E-state index is 0.310. The summed E-state index contributed by atoms with van der Waals surface area (Å²) >= 11 is 0. The molecule has 5 nitrogen and oxygen atoms in total. The smallest absolute Gasteiger partial charge is 0.141 e. The van der Waals surface area contributed by atoms with Crippen LogP contribution in [0.2, 0.25) is 0 Å². The molecule has 0 amide bonds.